The number of anilines is 1. The van der Waals surface area contributed by atoms with Gasteiger partial charge in [-0.2, -0.15) is 0 Å². The van der Waals surface area contributed by atoms with Crippen molar-refractivity contribution in [3.8, 4) is 16.3 Å². The highest BCUT2D eigenvalue weighted by molar-refractivity contribution is 7.18. The zero-order chi connectivity index (χ0) is 17.1. The van der Waals surface area contributed by atoms with E-state index >= 15 is 0 Å². The van der Waals surface area contributed by atoms with Crippen LogP contribution >= 0.6 is 11.3 Å². The van der Waals surface area contributed by atoms with Gasteiger partial charge >= 0.3 is 0 Å². The van der Waals surface area contributed by atoms with Crippen LogP contribution in [0, 0.1) is 0 Å². The maximum absolute atomic E-state index is 12.4. The van der Waals surface area contributed by atoms with Crippen molar-refractivity contribution < 1.29 is 14.3 Å². The molecule has 1 aliphatic rings. The van der Waals surface area contributed by atoms with E-state index in [1.54, 1.807) is 12.0 Å². The van der Waals surface area contributed by atoms with Gasteiger partial charge in [0.15, 0.2) is 0 Å². The second-order valence-corrected chi connectivity index (χ2v) is 6.48. The van der Waals surface area contributed by atoms with Crippen molar-refractivity contribution in [1.29, 1.82) is 0 Å². The molecule has 3 rings (SSSR count). The molecule has 1 aromatic heterocycles. The lowest BCUT2D eigenvalue weighted by Gasteiger charge is -2.21. The van der Waals surface area contributed by atoms with Crippen LogP contribution in [-0.2, 0) is 9.59 Å². The zero-order valence-corrected chi connectivity index (χ0v) is 14.3. The number of rotatable bonds is 4. The topological polar surface area (TPSA) is 84.4 Å². The first-order valence-corrected chi connectivity index (χ1v) is 8.46. The number of ether oxygens (including phenoxy) is 1. The lowest BCUT2D eigenvalue weighted by molar-refractivity contribution is -0.134. The van der Waals surface area contributed by atoms with Crippen molar-refractivity contribution in [3.63, 3.8) is 0 Å². The molecule has 2 amide bonds. The van der Waals surface area contributed by atoms with Crippen molar-refractivity contribution in [2.75, 3.05) is 19.0 Å². The SMILES string of the molecule is COc1cccc(-c2nnc(NC(=O)[C@H]3CCCN3C(C)=O)s2)c1. The molecule has 0 spiro atoms. The summed E-state index contributed by atoms with van der Waals surface area (Å²) in [6, 6.07) is 7.07. The van der Waals surface area contributed by atoms with Gasteiger partial charge in [0.05, 0.1) is 7.11 Å². The molecular weight excluding hydrogens is 328 g/mol. The van der Waals surface area contributed by atoms with Gasteiger partial charge < -0.3 is 9.64 Å². The van der Waals surface area contributed by atoms with E-state index in [0.29, 0.717) is 23.1 Å². The highest BCUT2D eigenvalue weighted by Gasteiger charge is 2.32. The smallest absolute Gasteiger partial charge is 0.249 e. The van der Waals surface area contributed by atoms with Crippen LogP contribution in [0.2, 0.25) is 0 Å². The molecule has 0 bridgehead atoms. The van der Waals surface area contributed by atoms with E-state index in [-0.39, 0.29) is 11.8 Å². The third kappa shape index (κ3) is 3.38. The summed E-state index contributed by atoms with van der Waals surface area (Å²) < 4.78 is 5.20. The molecule has 1 saturated heterocycles. The summed E-state index contributed by atoms with van der Waals surface area (Å²) >= 11 is 1.29. The van der Waals surface area contributed by atoms with Crippen molar-refractivity contribution in [1.82, 2.24) is 15.1 Å². The Hall–Kier alpha value is -2.48. The van der Waals surface area contributed by atoms with E-state index < -0.39 is 6.04 Å². The summed E-state index contributed by atoms with van der Waals surface area (Å²) in [7, 11) is 1.60. The number of benzene rings is 1. The predicted molar refractivity (Wildman–Crippen MR) is 90.9 cm³/mol. The van der Waals surface area contributed by atoms with Crippen LogP contribution in [0.15, 0.2) is 24.3 Å². The monoisotopic (exact) mass is 346 g/mol. The molecule has 0 aliphatic carbocycles. The summed E-state index contributed by atoms with van der Waals surface area (Å²) in [5.41, 5.74) is 0.874. The number of aromatic nitrogens is 2. The Bertz CT molecular complexity index is 761. The van der Waals surface area contributed by atoms with Crippen LogP contribution in [0.5, 0.6) is 5.75 Å². The van der Waals surface area contributed by atoms with Gasteiger partial charge in [-0.25, -0.2) is 0 Å². The number of hydrogen-bond acceptors (Lipinski definition) is 6. The van der Waals surface area contributed by atoms with Crippen LogP contribution in [0.3, 0.4) is 0 Å². The van der Waals surface area contributed by atoms with Gasteiger partial charge in [-0.3, -0.25) is 14.9 Å². The molecule has 1 aromatic carbocycles. The lowest BCUT2D eigenvalue weighted by atomic mass is 10.2. The Balaban J connectivity index is 1.72. The molecule has 1 atom stereocenters. The van der Waals surface area contributed by atoms with Gasteiger partial charge in [-0.05, 0) is 25.0 Å². The number of amides is 2. The summed E-state index contributed by atoms with van der Waals surface area (Å²) in [5, 5.41) is 12.0. The third-order valence-corrected chi connectivity index (χ3v) is 4.82. The van der Waals surface area contributed by atoms with Crippen LogP contribution in [0.1, 0.15) is 19.8 Å². The van der Waals surface area contributed by atoms with E-state index in [1.807, 2.05) is 24.3 Å². The first-order chi connectivity index (χ1) is 11.6. The first kappa shape index (κ1) is 16.4. The predicted octanol–water partition coefficient (Wildman–Crippen LogP) is 2.16. The number of carbonyl (C=O) groups is 2. The van der Waals surface area contributed by atoms with Crippen molar-refractivity contribution in [2.45, 2.75) is 25.8 Å². The summed E-state index contributed by atoms with van der Waals surface area (Å²) in [6.45, 7) is 2.11. The Labute approximate surface area is 143 Å². The Morgan fingerprint density at radius 1 is 1.38 bits per heavy atom. The minimum absolute atomic E-state index is 0.0815. The fourth-order valence-corrected chi connectivity index (χ4v) is 3.49. The van der Waals surface area contributed by atoms with Gasteiger partial charge in [0.1, 0.15) is 16.8 Å². The molecule has 0 unspecified atom stereocenters. The molecular formula is C16H18N4O3S. The molecule has 2 heterocycles. The van der Waals surface area contributed by atoms with Gasteiger partial charge in [-0.15, -0.1) is 10.2 Å². The number of nitrogens with one attached hydrogen (secondary N) is 1. The van der Waals surface area contributed by atoms with Gasteiger partial charge in [-0.1, -0.05) is 23.5 Å². The minimum Gasteiger partial charge on any atom is -0.497 e. The average Bonchev–Trinajstić information content (AvgIpc) is 3.24. The van der Waals surface area contributed by atoms with Crippen LogP contribution in [0.25, 0.3) is 10.6 Å². The third-order valence-electron chi connectivity index (χ3n) is 3.93. The standard InChI is InChI=1S/C16H18N4O3S/c1-10(21)20-8-4-7-13(20)14(22)17-16-19-18-15(24-16)11-5-3-6-12(9-11)23-2/h3,5-6,9,13H,4,7-8H2,1-2H3,(H,17,19,22)/t13-/m1/s1. The summed E-state index contributed by atoms with van der Waals surface area (Å²) in [4.78, 5) is 25.6. The fourth-order valence-electron chi connectivity index (χ4n) is 2.75. The Morgan fingerprint density at radius 3 is 2.96 bits per heavy atom. The first-order valence-electron chi connectivity index (χ1n) is 7.64. The molecule has 0 saturated carbocycles. The molecule has 1 N–H and O–H groups in total. The number of hydrogen-bond donors (Lipinski definition) is 1. The lowest BCUT2D eigenvalue weighted by Crippen LogP contribution is -2.42. The quantitative estimate of drug-likeness (QED) is 0.917. The van der Waals surface area contributed by atoms with Gasteiger partial charge in [0, 0.05) is 19.0 Å². The van der Waals surface area contributed by atoms with Gasteiger partial charge in [0.2, 0.25) is 16.9 Å². The molecule has 8 heteroatoms. The van der Waals surface area contributed by atoms with Crippen LogP contribution < -0.4 is 10.1 Å². The molecule has 1 fully saturated rings. The molecule has 7 nitrogen and oxygen atoms in total. The van der Waals surface area contributed by atoms with Crippen molar-refractivity contribution >= 4 is 28.3 Å². The number of carbonyl (C=O) groups excluding carboxylic acids is 2. The second kappa shape index (κ2) is 6.96. The van der Waals surface area contributed by atoms with Crippen molar-refractivity contribution in [3.05, 3.63) is 24.3 Å². The molecule has 1 aliphatic heterocycles. The fraction of sp³-hybridized carbons (Fsp3) is 0.375. The molecule has 24 heavy (non-hydrogen) atoms. The highest BCUT2D eigenvalue weighted by atomic mass is 32.1. The maximum Gasteiger partial charge on any atom is 0.249 e. The minimum atomic E-state index is -0.424. The number of methoxy groups -OCH3 is 1. The zero-order valence-electron chi connectivity index (χ0n) is 13.5. The van der Waals surface area contributed by atoms with Gasteiger partial charge in [0.25, 0.3) is 0 Å². The maximum atomic E-state index is 12.4. The van der Waals surface area contributed by atoms with E-state index in [9.17, 15) is 9.59 Å². The van der Waals surface area contributed by atoms with E-state index in [4.69, 9.17) is 4.74 Å². The molecule has 0 radical (unpaired) electrons. The Kier molecular flexibility index (Phi) is 4.75. The highest BCUT2D eigenvalue weighted by Crippen LogP contribution is 2.29. The Morgan fingerprint density at radius 2 is 2.21 bits per heavy atom. The van der Waals surface area contributed by atoms with Crippen molar-refractivity contribution in [2.24, 2.45) is 0 Å². The summed E-state index contributed by atoms with van der Waals surface area (Å²) in [6.07, 6.45) is 1.51. The van der Waals surface area contributed by atoms with E-state index in [0.717, 1.165) is 17.7 Å². The van der Waals surface area contributed by atoms with E-state index in [2.05, 4.69) is 15.5 Å². The second-order valence-electron chi connectivity index (χ2n) is 5.50. The van der Waals surface area contributed by atoms with Crippen LogP contribution in [0.4, 0.5) is 5.13 Å². The van der Waals surface area contributed by atoms with Crippen LogP contribution in [-0.4, -0.2) is 46.6 Å². The molecule has 126 valence electrons. The number of likely N-dealkylation sites (tertiary alicyclic amines) is 1. The average molecular weight is 346 g/mol. The summed E-state index contributed by atoms with van der Waals surface area (Å²) in [5.74, 6) is 0.439. The molecule has 2 aromatic rings. The largest absolute Gasteiger partial charge is 0.497 e. The van der Waals surface area contributed by atoms with E-state index in [1.165, 1.54) is 18.3 Å². The number of nitrogens with zero attached hydrogens (tertiary/aromatic N) is 3. The normalized spacial score (nSPS) is 16.9.